The van der Waals surface area contributed by atoms with Gasteiger partial charge in [-0.1, -0.05) is 12.1 Å². The van der Waals surface area contributed by atoms with Crippen LogP contribution in [0.4, 0.5) is 5.69 Å². The molecule has 2 rings (SSSR count). The molecule has 1 aromatic carbocycles. The van der Waals surface area contributed by atoms with Crippen LogP contribution in [0.1, 0.15) is 29.8 Å². The third-order valence-electron chi connectivity index (χ3n) is 3.21. The van der Waals surface area contributed by atoms with Gasteiger partial charge in [-0.15, -0.1) is 0 Å². The number of aliphatic imine (C=N–C) groups is 2. The number of guanidine groups is 1. The number of carboxylic acids is 1. The molecule has 1 aromatic heterocycles. The average molecular weight is 325 g/mol. The van der Waals surface area contributed by atoms with Crippen molar-refractivity contribution in [2.45, 2.75) is 13.8 Å². The zero-order valence-corrected chi connectivity index (χ0v) is 13.8. The molecule has 24 heavy (non-hydrogen) atoms. The van der Waals surface area contributed by atoms with E-state index in [9.17, 15) is 4.79 Å². The monoisotopic (exact) mass is 325 g/mol. The first-order valence-electron chi connectivity index (χ1n) is 7.23. The van der Waals surface area contributed by atoms with Gasteiger partial charge in [0.2, 0.25) is 5.96 Å². The number of hydrogen-bond donors (Lipinski definition) is 2. The van der Waals surface area contributed by atoms with Crippen LogP contribution in [0.3, 0.4) is 0 Å². The summed E-state index contributed by atoms with van der Waals surface area (Å²) in [5, 5.41) is 16.1. The number of anilines is 1. The van der Waals surface area contributed by atoms with Crippen LogP contribution in [0.15, 0.2) is 52.2 Å². The zero-order valence-electron chi connectivity index (χ0n) is 13.8. The SMILES string of the molecule is C=NC(=NC(=C(C)C)c1ccc(C(=O)O)cc1)Nc1cnn(C)c1. The number of carbonyl (C=O) groups is 1. The van der Waals surface area contributed by atoms with Crippen molar-refractivity contribution in [1.82, 2.24) is 9.78 Å². The van der Waals surface area contributed by atoms with Crippen LogP contribution >= 0.6 is 0 Å². The van der Waals surface area contributed by atoms with Crippen molar-refractivity contribution < 1.29 is 9.90 Å². The Balaban J connectivity index is 2.34. The van der Waals surface area contributed by atoms with Gasteiger partial charge in [-0.2, -0.15) is 5.10 Å². The summed E-state index contributed by atoms with van der Waals surface area (Å²) in [5.41, 5.74) is 3.44. The number of carboxylic acid groups (broad SMARTS) is 1. The van der Waals surface area contributed by atoms with E-state index in [1.807, 2.05) is 20.9 Å². The molecule has 0 saturated carbocycles. The second kappa shape index (κ2) is 7.36. The van der Waals surface area contributed by atoms with Crippen LogP contribution in [0, 0.1) is 0 Å². The van der Waals surface area contributed by atoms with Gasteiger partial charge in [0.15, 0.2) is 0 Å². The normalized spacial score (nSPS) is 11.0. The Bertz CT molecular complexity index is 812. The minimum Gasteiger partial charge on any atom is -0.478 e. The van der Waals surface area contributed by atoms with Crippen molar-refractivity contribution in [1.29, 1.82) is 0 Å². The van der Waals surface area contributed by atoms with Crippen LogP contribution in [0.5, 0.6) is 0 Å². The van der Waals surface area contributed by atoms with Crippen LogP contribution < -0.4 is 5.32 Å². The number of aryl methyl sites for hydroxylation is 1. The predicted molar refractivity (Wildman–Crippen MR) is 95.5 cm³/mol. The van der Waals surface area contributed by atoms with Gasteiger partial charge >= 0.3 is 5.97 Å². The van der Waals surface area contributed by atoms with Crippen LogP contribution in [0.2, 0.25) is 0 Å². The number of hydrogen-bond acceptors (Lipinski definition) is 3. The van der Waals surface area contributed by atoms with E-state index >= 15 is 0 Å². The van der Waals surface area contributed by atoms with Gasteiger partial charge in [0.1, 0.15) is 0 Å². The molecule has 2 aromatic rings. The van der Waals surface area contributed by atoms with Gasteiger partial charge in [-0.3, -0.25) is 4.68 Å². The van der Waals surface area contributed by atoms with Gasteiger partial charge in [0.05, 0.1) is 23.1 Å². The molecule has 0 aliphatic heterocycles. The summed E-state index contributed by atoms with van der Waals surface area (Å²) < 4.78 is 1.66. The highest BCUT2D eigenvalue weighted by Gasteiger charge is 2.08. The highest BCUT2D eigenvalue weighted by molar-refractivity contribution is 5.99. The molecule has 0 unspecified atom stereocenters. The van der Waals surface area contributed by atoms with Gasteiger partial charge in [0.25, 0.3) is 0 Å². The molecule has 1 heterocycles. The lowest BCUT2D eigenvalue weighted by atomic mass is 10.1. The molecular weight excluding hydrogens is 306 g/mol. The van der Waals surface area contributed by atoms with Crippen molar-refractivity contribution in [3.8, 4) is 0 Å². The van der Waals surface area contributed by atoms with Crippen molar-refractivity contribution in [2.75, 3.05) is 5.32 Å². The Morgan fingerprint density at radius 3 is 2.33 bits per heavy atom. The largest absolute Gasteiger partial charge is 0.478 e. The molecule has 0 radical (unpaired) electrons. The molecular formula is C17H19N5O2. The number of aromatic carboxylic acids is 1. The fourth-order valence-electron chi connectivity index (χ4n) is 2.06. The number of nitrogens with one attached hydrogen (secondary N) is 1. The Labute approximate surface area is 140 Å². The Hall–Kier alpha value is -3.22. The lowest BCUT2D eigenvalue weighted by Gasteiger charge is -2.08. The Morgan fingerprint density at radius 2 is 1.88 bits per heavy atom. The van der Waals surface area contributed by atoms with Crippen LogP contribution in [0.25, 0.3) is 5.70 Å². The van der Waals surface area contributed by atoms with E-state index in [-0.39, 0.29) is 5.56 Å². The van der Waals surface area contributed by atoms with Crippen molar-refractivity contribution in [3.05, 3.63) is 53.4 Å². The molecule has 0 aliphatic rings. The Kier molecular flexibility index (Phi) is 5.26. The number of rotatable bonds is 4. The Morgan fingerprint density at radius 1 is 1.25 bits per heavy atom. The summed E-state index contributed by atoms with van der Waals surface area (Å²) in [6.07, 6.45) is 3.45. The maximum atomic E-state index is 11.0. The van der Waals surface area contributed by atoms with E-state index in [1.165, 1.54) is 0 Å². The molecule has 7 heteroatoms. The summed E-state index contributed by atoms with van der Waals surface area (Å²) in [6, 6.07) is 6.54. The second-order valence-electron chi connectivity index (χ2n) is 5.35. The van der Waals surface area contributed by atoms with E-state index in [1.54, 1.807) is 41.3 Å². The fourth-order valence-corrected chi connectivity index (χ4v) is 2.06. The highest BCUT2D eigenvalue weighted by atomic mass is 16.4. The molecule has 0 aliphatic carbocycles. The molecule has 2 N–H and O–H groups in total. The van der Waals surface area contributed by atoms with Gasteiger partial charge in [0, 0.05) is 18.8 Å². The van der Waals surface area contributed by atoms with Crippen molar-refractivity contribution >= 4 is 30.0 Å². The zero-order chi connectivity index (χ0) is 17.7. The molecule has 0 amide bonds. The number of nitrogens with zero attached hydrogens (tertiary/aromatic N) is 4. The van der Waals surface area contributed by atoms with E-state index in [0.29, 0.717) is 11.7 Å². The van der Waals surface area contributed by atoms with E-state index in [0.717, 1.165) is 16.8 Å². The summed E-state index contributed by atoms with van der Waals surface area (Å²) in [4.78, 5) is 19.4. The van der Waals surface area contributed by atoms with Gasteiger partial charge in [-0.05, 0) is 38.3 Å². The minimum atomic E-state index is -0.963. The third kappa shape index (κ3) is 4.16. The fraction of sp³-hybridized carbons (Fsp3) is 0.176. The molecule has 0 atom stereocenters. The molecule has 0 saturated heterocycles. The van der Waals surface area contributed by atoms with E-state index in [2.05, 4.69) is 27.1 Å². The van der Waals surface area contributed by atoms with Gasteiger partial charge in [-0.25, -0.2) is 14.8 Å². The minimum absolute atomic E-state index is 0.228. The number of allylic oxidation sites excluding steroid dienone is 1. The molecule has 0 spiro atoms. The first kappa shape index (κ1) is 17.1. The lowest BCUT2D eigenvalue weighted by Crippen LogP contribution is -2.09. The molecule has 0 bridgehead atoms. The second-order valence-corrected chi connectivity index (χ2v) is 5.35. The van der Waals surface area contributed by atoms with E-state index < -0.39 is 5.97 Å². The van der Waals surface area contributed by atoms with E-state index in [4.69, 9.17) is 5.11 Å². The quantitative estimate of drug-likeness (QED) is 0.667. The summed E-state index contributed by atoms with van der Waals surface area (Å²) >= 11 is 0. The first-order valence-corrected chi connectivity index (χ1v) is 7.23. The third-order valence-corrected chi connectivity index (χ3v) is 3.21. The summed E-state index contributed by atoms with van der Waals surface area (Å²) in [6.45, 7) is 7.39. The number of aromatic nitrogens is 2. The van der Waals surface area contributed by atoms with Crippen molar-refractivity contribution in [3.63, 3.8) is 0 Å². The summed E-state index contributed by atoms with van der Waals surface area (Å²) in [5.74, 6) is -0.628. The highest BCUT2D eigenvalue weighted by Crippen LogP contribution is 2.21. The molecule has 124 valence electrons. The first-order chi connectivity index (χ1) is 11.4. The summed E-state index contributed by atoms with van der Waals surface area (Å²) in [7, 11) is 1.81. The average Bonchev–Trinajstić information content (AvgIpc) is 2.96. The molecule has 0 fully saturated rings. The predicted octanol–water partition coefficient (Wildman–Crippen LogP) is 3.04. The topological polar surface area (TPSA) is 91.9 Å². The maximum Gasteiger partial charge on any atom is 0.335 e. The van der Waals surface area contributed by atoms with Crippen LogP contribution in [-0.4, -0.2) is 33.5 Å². The van der Waals surface area contributed by atoms with Gasteiger partial charge < -0.3 is 10.4 Å². The van der Waals surface area contributed by atoms with Crippen LogP contribution in [-0.2, 0) is 7.05 Å². The lowest BCUT2D eigenvalue weighted by molar-refractivity contribution is 0.0697. The number of benzene rings is 1. The smallest absolute Gasteiger partial charge is 0.335 e. The standard InChI is InChI=1S/C17H19N5O2/c1-11(2)15(12-5-7-13(8-6-12)16(23)24)21-17(18-3)20-14-9-19-22(4)10-14/h5-10H,3H2,1-2,4H3,(H,20,21)(H,23,24). The maximum absolute atomic E-state index is 11.0. The van der Waals surface area contributed by atoms with Crippen molar-refractivity contribution in [2.24, 2.45) is 17.0 Å². The molecule has 7 nitrogen and oxygen atoms in total.